The molecule has 25 heavy (non-hydrogen) atoms. The van der Waals surface area contributed by atoms with E-state index in [2.05, 4.69) is 6.07 Å². The minimum atomic E-state index is -3.31. The van der Waals surface area contributed by atoms with Crippen molar-refractivity contribution in [2.45, 2.75) is 19.6 Å². The Bertz CT molecular complexity index is 781. The van der Waals surface area contributed by atoms with Gasteiger partial charge in [0.15, 0.2) is 0 Å². The van der Waals surface area contributed by atoms with E-state index in [1.54, 1.807) is 6.08 Å². The van der Waals surface area contributed by atoms with E-state index >= 15 is 0 Å². The molecule has 0 bridgehead atoms. The summed E-state index contributed by atoms with van der Waals surface area (Å²) in [6.45, 7) is 4.26. The van der Waals surface area contributed by atoms with Crippen LogP contribution in [0.25, 0.3) is 15.8 Å². The second kappa shape index (κ2) is 8.98. The summed E-state index contributed by atoms with van der Waals surface area (Å²) in [5.74, 6) is -0.480. The number of hydrogen-bond donors (Lipinski definition) is 1. The third-order valence-electron chi connectivity index (χ3n) is 3.88. The molecule has 1 N–H and O–H groups in total. The van der Waals surface area contributed by atoms with Crippen LogP contribution in [-0.2, 0) is 13.6 Å². The van der Waals surface area contributed by atoms with Crippen molar-refractivity contribution in [3.63, 3.8) is 0 Å². The normalized spacial score (nSPS) is 14.2. The fourth-order valence-electron chi connectivity index (χ4n) is 2.70. The van der Waals surface area contributed by atoms with E-state index in [4.69, 9.17) is 20.6 Å². The fraction of sp³-hybridized carbons (Fsp3) is 0.368. The Balaban J connectivity index is 2.41. The smallest absolute Gasteiger partial charge is 0.324 e. The monoisotopic (exact) mass is 382 g/mol. The molecule has 0 aromatic heterocycles. The average molecular weight is 383 g/mol. The van der Waals surface area contributed by atoms with Gasteiger partial charge >= 0.3 is 7.60 Å². The highest BCUT2D eigenvalue weighted by Crippen LogP contribution is 2.51. The summed E-state index contributed by atoms with van der Waals surface area (Å²) in [6, 6.07) is 14.1. The summed E-state index contributed by atoms with van der Waals surface area (Å²) in [6.07, 6.45) is 1.78. The van der Waals surface area contributed by atoms with Crippen molar-refractivity contribution >= 4 is 35.0 Å². The van der Waals surface area contributed by atoms with Gasteiger partial charge in [-0.1, -0.05) is 48.0 Å². The second-order valence-corrected chi connectivity index (χ2v) is 8.53. The Morgan fingerprint density at radius 2 is 1.72 bits per heavy atom. The molecule has 0 fully saturated rings. The van der Waals surface area contributed by atoms with Gasteiger partial charge in [0.05, 0.1) is 32.3 Å². The number of halogens is 1. The largest absolute Gasteiger partial charge is 0.391 e. The molecule has 0 heterocycles. The number of rotatable bonds is 8. The quantitative estimate of drug-likeness (QED) is 0.697. The van der Waals surface area contributed by atoms with Crippen LogP contribution in [0.4, 0.5) is 0 Å². The van der Waals surface area contributed by atoms with Crippen LogP contribution < -0.4 is 4.90 Å². The van der Waals surface area contributed by atoms with Crippen LogP contribution in [0.1, 0.15) is 19.4 Å². The minimum Gasteiger partial charge on any atom is -0.324 e. The molecule has 136 valence electrons. The zero-order chi connectivity index (χ0) is 18.4. The Labute approximate surface area is 154 Å². The maximum atomic E-state index is 13.2. The van der Waals surface area contributed by atoms with E-state index in [9.17, 15) is 4.57 Å². The highest BCUT2D eigenvalue weighted by atomic mass is 35.5. The van der Waals surface area contributed by atoms with Gasteiger partial charge in [-0.15, -0.1) is 0 Å². The van der Waals surface area contributed by atoms with Crippen LogP contribution in [0.5, 0.6) is 0 Å². The first-order valence-corrected chi connectivity index (χ1v) is 10.5. The van der Waals surface area contributed by atoms with Gasteiger partial charge < -0.3 is 13.9 Å². The van der Waals surface area contributed by atoms with Crippen LogP contribution in [0.3, 0.4) is 0 Å². The van der Waals surface area contributed by atoms with E-state index in [0.29, 0.717) is 18.2 Å². The summed E-state index contributed by atoms with van der Waals surface area (Å²) < 4.78 is 24.2. The topological polar surface area (TPSA) is 40.0 Å². The van der Waals surface area contributed by atoms with E-state index in [0.717, 1.165) is 21.2 Å². The van der Waals surface area contributed by atoms with Crippen LogP contribution in [0, 0.1) is 0 Å². The molecular weight excluding hydrogens is 357 g/mol. The number of benzene rings is 2. The minimum absolute atomic E-state index is 0.322. The molecule has 0 amide bonds. The van der Waals surface area contributed by atoms with Crippen LogP contribution in [0.15, 0.2) is 48.5 Å². The summed E-state index contributed by atoms with van der Waals surface area (Å²) in [7, 11) is 0.520. The summed E-state index contributed by atoms with van der Waals surface area (Å²) >= 11 is 6.57. The van der Waals surface area contributed by atoms with Crippen molar-refractivity contribution < 1.29 is 18.5 Å². The maximum absolute atomic E-state index is 13.2. The molecule has 1 atom stereocenters. The van der Waals surface area contributed by atoms with Gasteiger partial charge in [0, 0.05) is 6.08 Å². The van der Waals surface area contributed by atoms with Gasteiger partial charge in [-0.3, -0.25) is 4.57 Å². The highest BCUT2D eigenvalue weighted by molar-refractivity contribution is 7.54. The molecular formula is C19H26ClNO3P+. The van der Waals surface area contributed by atoms with Gasteiger partial charge in [0.25, 0.3) is 0 Å². The number of quaternary nitrogens is 1. The van der Waals surface area contributed by atoms with Gasteiger partial charge in [0.2, 0.25) is 5.78 Å². The first-order chi connectivity index (χ1) is 11.9. The van der Waals surface area contributed by atoms with Crippen molar-refractivity contribution in [2.24, 2.45) is 0 Å². The lowest BCUT2D eigenvalue weighted by Crippen LogP contribution is -3.09. The SMILES string of the molecule is CCOP(=O)(OCC)C(C=C(Cl)c1ccc2ccccc2c1)[NH+](C)C. The number of nitrogens with one attached hydrogen (secondary N) is 1. The first-order valence-electron chi connectivity index (χ1n) is 8.46. The predicted molar refractivity (Wildman–Crippen MR) is 105 cm³/mol. The molecule has 2 rings (SSSR count). The molecule has 1 unspecified atom stereocenters. The van der Waals surface area contributed by atoms with E-state index in [-0.39, 0.29) is 0 Å². The lowest BCUT2D eigenvalue weighted by Gasteiger charge is -2.26. The molecule has 4 nitrogen and oxygen atoms in total. The molecule has 0 saturated heterocycles. The van der Waals surface area contributed by atoms with Crippen LogP contribution >= 0.6 is 19.2 Å². The fourth-order valence-corrected chi connectivity index (χ4v) is 5.12. The Kier molecular flexibility index (Phi) is 7.24. The molecule has 6 heteroatoms. The van der Waals surface area contributed by atoms with Crippen molar-refractivity contribution in [1.82, 2.24) is 0 Å². The number of likely N-dealkylation sites (N-methyl/N-ethyl adjacent to an activating group) is 1. The molecule has 0 aliphatic carbocycles. The molecule has 0 saturated carbocycles. The van der Waals surface area contributed by atoms with Crippen LogP contribution in [-0.4, -0.2) is 33.1 Å². The van der Waals surface area contributed by atoms with Crippen molar-refractivity contribution in [3.05, 3.63) is 54.1 Å². The van der Waals surface area contributed by atoms with E-state index in [1.165, 1.54) is 0 Å². The third kappa shape index (κ3) is 4.93. The zero-order valence-electron chi connectivity index (χ0n) is 15.2. The predicted octanol–water partition coefficient (Wildman–Crippen LogP) is 4.16. The molecule has 2 aromatic rings. The third-order valence-corrected chi connectivity index (χ3v) is 6.81. The van der Waals surface area contributed by atoms with Gasteiger partial charge in [0.1, 0.15) is 0 Å². The molecule has 0 radical (unpaired) electrons. The van der Waals surface area contributed by atoms with Crippen molar-refractivity contribution in [1.29, 1.82) is 0 Å². The highest BCUT2D eigenvalue weighted by Gasteiger charge is 2.39. The van der Waals surface area contributed by atoms with Gasteiger partial charge in [-0.25, -0.2) is 0 Å². The van der Waals surface area contributed by atoms with Crippen LogP contribution in [0.2, 0.25) is 0 Å². The molecule has 2 aromatic carbocycles. The number of fused-ring (bicyclic) bond motifs is 1. The summed E-state index contributed by atoms with van der Waals surface area (Å²) in [5, 5.41) is 2.80. The lowest BCUT2D eigenvalue weighted by molar-refractivity contribution is -0.865. The average Bonchev–Trinajstić information content (AvgIpc) is 2.59. The van der Waals surface area contributed by atoms with Gasteiger partial charge in [-0.05, 0) is 36.2 Å². The lowest BCUT2D eigenvalue weighted by atomic mass is 10.1. The van der Waals surface area contributed by atoms with E-state index in [1.807, 2.05) is 64.3 Å². The van der Waals surface area contributed by atoms with E-state index < -0.39 is 13.4 Å². The molecule has 0 spiro atoms. The first kappa shape index (κ1) is 20.2. The Hall–Kier alpha value is -1.16. The number of hydrogen-bond acceptors (Lipinski definition) is 3. The Morgan fingerprint density at radius 1 is 1.12 bits per heavy atom. The molecule has 0 aliphatic rings. The Morgan fingerprint density at radius 3 is 2.28 bits per heavy atom. The molecule has 0 aliphatic heterocycles. The van der Waals surface area contributed by atoms with Gasteiger partial charge in [-0.2, -0.15) is 0 Å². The summed E-state index contributed by atoms with van der Waals surface area (Å²) in [5.41, 5.74) is 0.881. The zero-order valence-corrected chi connectivity index (χ0v) is 16.8. The van der Waals surface area contributed by atoms with Crippen molar-refractivity contribution in [2.75, 3.05) is 27.3 Å². The standard InChI is InChI=1S/C19H25ClNO3P/c1-5-23-25(22,24-6-2)19(21(3)4)14-18(20)17-12-11-15-9-7-8-10-16(15)13-17/h7-14,19H,5-6H2,1-4H3/p+1. The summed E-state index contributed by atoms with van der Waals surface area (Å²) in [4.78, 5) is 0.934. The second-order valence-electron chi connectivity index (χ2n) is 5.97. The van der Waals surface area contributed by atoms with Crippen molar-refractivity contribution in [3.8, 4) is 0 Å². The maximum Gasteiger partial charge on any atom is 0.391 e.